The molecule has 1 heterocycles. The summed E-state index contributed by atoms with van der Waals surface area (Å²) in [6.07, 6.45) is 0. The Morgan fingerprint density at radius 2 is 2.36 bits per heavy atom. The fourth-order valence-corrected chi connectivity index (χ4v) is 1.95. The standard InChI is InChI=1S/C11H16N2O/c1-2-13-7-6-12-8-9-4-3-5-10(14)11(9)13/h3-5,12,14H,2,6-8H2,1H3. The van der Waals surface area contributed by atoms with Crippen molar-refractivity contribution in [2.75, 3.05) is 24.5 Å². The van der Waals surface area contributed by atoms with Crippen LogP contribution in [0.25, 0.3) is 0 Å². The van der Waals surface area contributed by atoms with Crippen molar-refractivity contribution in [2.45, 2.75) is 13.5 Å². The molecule has 0 bridgehead atoms. The van der Waals surface area contributed by atoms with Crippen LogP contribution in [0.5, 0.6) is 5.75 Å². The van der Waals surface area contributed by atoms with Crippen molar-refractivity contribution in [2.24, 2.45) is 0 Å². The van der Waals surface area contributed by atoms with Crippen LogP contribution >= 0.6 is 0 Å². The first-order chi connectivity index (χ1) is 6.83. The van der Waals surface area contributed by atoms with Crippen LogP contribution in [-0.4, -0.2) is 24.7 Å². The number of phenols is 1. The molecule has 0 atom stereocenters. The SMILES string of the molecule is CCN1CCNCc2cccc(O)c21. The van der Waals surface area contributed by atoms with Crippen LogP contribution in [0, 0.1) is 0 Å². The smallest absolute Gasteiger partial charge is 0.139 e. The van der Waals surface area contributed by atoms with Crippen molar-refractivity contribution in [3.63, 3.8) is 0 Å². The van der Waals surface area contributed by atoms with Crippen molar-refractivity contribution in [3.05, 3.63) is 23.8 Å². The van der Waals surface area contributed by atoms with Crippen molar-refractivity contribution in [1.82, 2.24) is 5.32 Å². The maximum atomic E-state index is 9.81. The molecule has 1 aliphatic rings. The van der Waals surface area contributed by atoms with Gasteiger partial charge in [-0.15, -0.1) is 0 Å². The Labute approximate surface area is 84.4 Å². The summed E-state index contributed by atoms with van der Waals surface area (Å²) in [5.74, 6) is 0.396. The fourth-order valence-electron chi connectivity index (χ4n) is 1.95. The van der Waals surface area contributed by atoms with E-state index in [1.807, 2.05) is 6.07 Å². The molecule has 3 heteroatoms. The summed E-state index contributed by atoms with van der Waals surface area (Å²) in [6.45, 7) is 5.83. The molecule has 0 unspecified atom stereocenters. The highest BCUT2D eigenvalue weighted by molar-refractivity contribution is 5.63. The number of aromatic hydroxyl groups is 1. The molecular weight excluding hydrogens is 176 g/mol. The number of fused-ring (bicyclic) bond motifs is 1. The molecular formula is C11H16N2O. The molecule has 2 N–H and O–H groups in total. The van der Waals surface area contributed by atoms with Gasteiger partial charge in [0.1, 0.15) is 5.75 Å². The molecule has 14 heavy (non-hydrogen) atoms. The Hall–Kier alpha value is -1.22. The van der Waals surface area contributed by atoms with Crippen LogP contribution in [0.1, 0.15) is 12.5 Å². The number of hydrogen-bond acceptors (Lipinski definition) is 3. The third-order valence-corrected chi connectivity index (χ3v) is 2.67. The number of likely N-dealkylation sites (N-methyl/N-ethyl adjacent to an activating group) is 1. The van der Waals surface area contributed by atoms with Crippen LogP contribution in [0.15, 0.2) is 18.2 Å². The number of nitrogens with zero attached hydrogens (tertiary/aromatic N) is 1. The number of phenolic OH excluding ortho intramolecular Hbond substituents is 1. The van der Waals surface area contributed by atoms with Gasteiger partial charge in [0.2, 0.25) is 0 Å². The number of anilines is 1. The number of rotatable bonds is 1. The topological polar surface area (TPSA) is 35.5 Å². The van der Waals surface area contributed by atoms with E-state index in [0.29, 0.717) is 5.75 Å². The monoisotopic (exact) mass is 192 g/mol. The van der Waals surface area contributed by atoms with Crippen molar-refractivity contribution in [1.29, 1.82) is 0 Å². The molecule has 2 rings (SSSR count). The second-order valence-electron chi connectivity index (χ2n) is 3.54. The minimum atomic E-state index is 0.396. The molecule has 0 radical (unpaired) electrons. The normalized spacial score (nSPS) is 16.2. The van der Waals surface area contributed by atoms with Crippen LogP contribution < -0.4 is 10.2 Å². The fraction of sp³-hybridized carbons (Fsp3) is 0.455. The molecule has 0 saturated carbocycles. The molecule has 0 spiro atoms. The van der Waals surface area contributed by atoms with E-state index in [0.717, 1.165) is 31.9 Å². The van der Waals surface area contributed by atoms with E-state index < -0.39 is 0 Å². The van der Waals surface area contributed by atoms with Gasteiger partial charge < -0.3 is 15.3 Å². The first-order valence-electron chi connectivity index (χ1n) is 5.09. The summed E-state index contributed by atoms with van der Waals surface area (Å²) < 4.78 is 0. The first-order valence-corrected chi connectivity index (χ1v) is 5.09. The molecule has 1 aromatic carbocycles. The minimum absolute atomic E-state index is 0.396. The highest BCUT2D eigenvalue weighted by Crippen LogP contribution is 2.31. The van der Waals surface area contributed by atoms with Crippen molar-refractivity contribution in [3.8, 4) is 5.75 Å². The second kappa shape index (κ2) is 3.88. The summed E-state index contributed by atoms with van der Waals surface area (Å²) in [7, 11) is 0. The van der Waals surface area contributed by atoms with E-state index in [9.17, 15) is 5.11 Å². The van der Waals surface area contributed by atoms with E-state index in [2.05, 4.69) is 23.2 Å². The van der Waals surface area contributed by atoms with Gasteiger partial charge in [-0.3, -0.25) is 0 Å². The van der Waals surface area contributed by atoms with Crippen LogP contribution in [0.3, 0.4) is 0 Å². The first kappa shape index (κ1) is 9.34. The van der Waals surface area contributed by atoms with E-state index in [1.165, 1.54) is 5.56 Å². The quantitative estimate of drug-likeness (QED) is 0.704. The number of benzene rings is 1. The predicted octanol–water partition coefficient (Wildman–Crippen LogP) is 1.32. The Kier molecular flexibility index (Phi) is 2.59. The maximum Gasteiger partial charge on any atom is 0.139 e. The average Bonchev–Trinajstić information content (AvgIpc) is 2.40. The molecule has 0 aliphatic carbocycles. The van der Waals surface area contributed by atoms with Gasteiger partial charge in [0, 0.05) is 26.2 Å². The Morgan fingerprint density at radius 1 is 1.50 bits per heavy atom. The minimum Gasteiger partial charge on any atom is -0.506 e. The van der Waals surface area contributed by atoms with Gasteiger partial charge in [-0.2, -0.15) is 0 Å². The molecule has 0 aromatic heterocycles. The molecule has 0 saturated heterocycles. The molecule has 76 valence electrons. The summed E-state index contributed by atoms with van der Waals surface area (Å²) in [4.78, 5) is 2.21. The lowest BCUT2D eigenvalue weighted by Crippen LogP contribution is -2.28. The van der Waals surface area contributed by atoms with E-state index >= 15 is 0 Å². The zero-order chi connectivity index (χ0) is 9.97. The van der Waals surface area contributed by atoms with E-state index in [-0.39, 0.29) is 0 Å². The van der Waals surface area contributed by atoms with Crippen LogP contribution in [0.4, 0.5) is 5.69 Å². The van der Waals surface area contributed by atoms with E-state index in [4.69, 9.17) is 0 Å². The predicted molar refractivity (Wildman–Crippen MR) is 57.7 cm³/mol. The molecule has 1 aromatic rings. The summed E-state index contributed by atoms with van der Waals surface area (Å²) in [5, 5.41) is 13.2. The highest BCUT2D eigenvalue weighted by Gasteiger charge is 2.16. The number of hydrogen-bond donors (Lipinski definition) is 2. The van der Waals surface area contributed by atoms with Gasteiger partial charge in [-0.25, -0.2) is 0 Å². The Morgan fingerprint density at radius 3 is 3.14 bits per heavy atom. The van der Waals surface area contributed by atoms with Crippen LogP contribution in [0.2, 0.25) is 0 Å². The van der Waals surface area contributed by atoms with Gasteiger partial charge in [0.15, 0.2) is 0 Å². The molecule has 3 nitrogen and oxygen atoms in total. The third-order valence-electron chi connectivity index (χ3n) is 2.67. The Bertz CT molecular complexity index is 325. The summed E-state index contributed by atoms with van der Waals surface area (Å²) in [6, 6.07) is 5.72. The van der Waals surface area contributed by atoms with Crippen molar-refractivity contribution < 1.29 is 5.11 Å². The lowest BCUT2D eigenvalue weighted by atomic mass is 10.1. The summed E-state index contributed by atoms with van der Waals surface area (Å²) >= 11 is 0. The maximum absolute atomic E-state index is 9.81. The lowest BCUT2D eigenvalue weighted by Gasteiger charge is -2.23. The molecule has 1 aliphatic heterocycles. The largest absolute Gasteiger partial charge is 0.506 e. The molecule has 0 fully saturated rings. The number of para-hydroxylation sites is 1. The number of nitrogens with one attached hydrogen (secondary N) is 1. The van der Waals surface area contributed by atoms with E-state index in [1.54, 1.807) is 6.07 Å². The zero-order valence-corrected chi connectivity index (χ0v) is 8.45. The third kappa shape index (κ3) is 1.55. The van der Waals surface area contributed by atoms with Crippen molar-refractivity contribution >= 4 is 5.69 Å². The average molecular weight is 192 g/mol. The molecule has 0 amide bonds. The van der Waals surface area contributed by atoms with Crippen LogP contribution in [-0.2, 0) is 6.54 Å². The second-order valence-corrected chi connectivity index (χ2v) is 3.54. The zero-order valence-electron chi connectivity index (χ0n) is 8.45. The summed E-state index contributed by atoms with van der Waals surface area (Å²) in [5.41, 5.74) is 2.18. The van der Waals surface area contributed by atoms with Gasteiger partial charge >= 0.3 is 0 Å². The van der Waals surface area contributed by atoms with Gasteiger partial charge in [-0.1, -0.05) is 12.1 Å². The lowest BCUT2D eigenvalue weighted by molar-refractivity contribution is 0.474. The van der Waals surface area contributed by atoms with Gasteiger partial charge in [0.25, 0.3) is 0 Å². The Balaban J connectivity index is 2.45. The highest BCUT2D eigenvalue weighted by atomic mass is 16.3. The van der Waals surface area contributed by atoms with Gasteiger partial charge in [-0.05, 0) is 18.6 Å². The van der Waals surface area contributed by atoms with Gasteiger partial charge in [0.05, 0.1) is 5.69 Å².